The van der Waals surface area contributed by atoms with Gasteiger partial charge in [-0.25, -0.2) is 4.68 Å². The molecule has 6 nitrogen and oxygen atoms in total. The second-order valence-corrected chi connectivity index (χ2v) is 7.60. The number of hydrogen-bond donors (Lipinski definition) is 3. The molecule has 28 heavy (non-hydrogen) atoms. The number of rotatable bonds is 5. The summed E-state index contributed by atoms with van der Waals surface area (Å²) in [5.41, 5.74) is 7.88. The molecule has 148 valence electrons. The van der Waals surface area contributed by atoms with E-state index in [0.29, 0.717) is 22.9 Å². The van der Waals surface area contributed by atoms with Gasteiger partial charge in [-0.05, 0) is 43.6 Å². The average Bonchev–Trinajstić information content (AvgIpc) is 3.28. The van der Waals surface area contributed by atoms with Crippen LogP contribution in [0.15, 0.2) is 36.4 Å². The van der Waals surface area contributed by atoms with E-state index in [1.165, 1.54) is 18.9 Å². The molecule has 3 rings (SSSR count). The Bertz CT molecular complexity index is 859. The summed E-state index contributed by atoms with van der Waals surface area (Å²) in [5.74, 6) is -0.318. The lowest BCUT2D eigenvalue weighted by Gasteiger charge is -2.15. The Morgan fingerprint density at radius 2 is 2.00 bits per heavy atom. The number of carbonyl (C=O) groups excluding carboxylic acids is 1. The first kappa shape index (κ1) is 20.4. The zero-order valence-electron chi connectivity index (χ0n) is 15.7. The molecule has 1 saturated carbocycles. The van der Waals surface area contributed by atoms with Gasteiger partial charge in [0.2, 0.25) is 0 Å². The SMILES string of the molecule is Cc1nn(Cc2ccccc2)c(Cl)c1/C=C/C(=O)NNC(=S)NC1CCCC1. The van der Waals surface area contributed by atoms with Gasteiger partial charge >= 0.3 is 0 Å². The molecule has 1 fully saturated rings. The normalized spacial score (nSPS) is 14.4. The van der Waals surface area contributed by atoms with Gasteiger partial charge in [-0.1, -0.05) is 54.8 Å². The summed E-state index contributed by atoms with van der Waals surface area (Å²) >= 11 is 11.7. The highest BCUT2D eigenvalue weighted by Gasteiger charge is 2.15. The van der Waals surface area contributed by atoms with Crippen LogP contribution in [0.25, 0.3) is 6.08 Å². The highest BCUT2D eigenvalue weighted by Crippen LogP contribution is 2.22. The van der Waals surface area contributed by atoms with Gasteiger partial charge in [-0.3, -0.25) is 15.6 Å². The van der Waals surface area contributed by atoms with Crippen LogP contribution in [0, 0.1) is 6.92 Å². The molecule has 3 N–H and O–H groups in total. The molecule has 1 aromatic carbocycles. The molecule has 0 unspecified atom stereocenters. The smallest absolute Gasteiger partial charge is 0.262 e. The van der Waals surface area contributed by atoms with Crippen molar-refractivity contribution in [3.05, 3.63) is 58.4 Å². The minimum atomic E-state index is -0.318. The van der Waals surface area contributed by atoms with Crippen molar-refractivity contribution in [3.63, 3.8) is 0 Å². The molecule has 1 amide bonds. The average molecular weight is 418 g/mol. The maximum atomic E-state index is 12.1. The third-order valence-electron chi connectivity index (χ3n) is 4.68. The standard InChI is InChI=1S/C20H24ClN5OS/c1-14-17(19(21)26(25-14)13-15-7-3-2-4-8-15)11-12-18(27)23-24-20(28)22-16-9-5-6-10-16/h2-4,7-8,11-12,16H,5-6,9-10,13H2,1H3,(H,23,27)(H2,22,24,28)/b12-11+. The van der Waals surface area contributed by atoms with Crippen LogP contribution in [-0.2, 0) is 11.3 Å². The fraction of sp³-hybridized carbons (Fsp3) is 0.350. The second-order valence-electron chi connectivity index (χ2n) is 6.84. The summed E-state index contributed by atoms with van der Waals surface area (Å²) < 4.78 is 1.72. The third kappa shape index (κ3) is 5.56. The number of amides is 1. The molecule has 0 atom stereocenters. The third-order valence-corrected chi connectivity index (χ3v) is 5.29. The molecule has 1 heterocycles. The predicted octanol–water partition coefficient (Wildman–Crippen LogP) is 3.34. The zero-order chi connectivity index (χ0) is 19.9. The van der Waals surface area contributed by atoms with Crippen molar-refractivity contribution in [2.45, 2.75) is 45.2 Å². The van der Waals surface area contributed by atoms with Gasteiger partial charge in [0.05, 0.1) is 12.2 Å². The minimum Gasteiger partial charge on any atom is -0.359 e. The lowest BCUT2D eigenvalue weighted by atomic mass is 10.2. The number of halogens is 1. The van der Waals surface area contributed by atoms with E-state index in [0.717, 1.165) is 29.7 Å². The van der Waals surface area contributed by atoms with E-state index >= 15 is 0 Å². The fourth-order valence-corrected chi connectivity index (χ4v) is 3.74. The number of thiocarbonyl (C=S) groups is 1. The molecular weight excluding hydrogens is 394 g/mol. The van der Waals surface area contributed by atoms with E-state index in [4.69, 9.17) is 23.8 Å². The monoisotopic (exact) mass is 417 g/mol. The van der Waals surface area contributed by atoms with Gasteiger partial charge in [0.15, 0.2) is 5.11 Å². The number of hydrazine groups is 1. The van der Waals surface area contributed by atoms with Crippen LogP contribution in [0.4, 0.5) is 0 Å². The van der Waals surface area contributed by atoms with E-state index < -0.39 is 0 Å². The van der Waals surface area contributed by atoms with Crippen LogP contribution < -0.4 is 16.2 Å². The van der Waals surface area contributed by atoms with E-state index in [1.54, 1.807) is 10.8 Å². The fourth-order valence-electron chi connectivity index (χ4n) is 3.23. The second kappa shape index (κ2) is 9.71. The quantitative estimate of drug-likeness (QED) is 0.395. The van der Waals surface area contributed by atoms with Crippen molar-refractivity contribution in [2.24, 2.45) is 0 Å². The van der Waals surface area contributed by atoms with Crippen LogP contribution in [0.1, 0.15) is 42.5 Å². The highest BCUT2D eigenvalue weighted by atomic mass is 35.5. The summed E-state index contributed by atoms with van der Waals surface area (Å²) in [5, 5.41) is 8.60. The maximum absolute atomic E-state index is 12.1. The van der Waals surface area contributed by atoms with Crippen molar-refractivity contribution in [2.75, 3.05) is 0 Å². The van der Waals surface area contributed by atoms with Crippen LogP contribution in [0.2, 0.25) is 5.15 Å². The Labute approximate surface area is 175 Å². The molecule has 0 spiro atoms. The molecule has 1 aromatic heterocycles. The Balaban J connectivity index is 1.54. The van der Waals surface area contributed by atoms with Crippen LogP contribution in [0.3, 0.4) is 0 Å². The molecule has 0 radical (unpaired) electrons. The van der Waals surface area contributed by atoms with E-state index in [9.17, 15) is 4.79 Å². The lowest BCUT2D eigenvalue weighted by molar-refractivity contribution is -0.116. The molecule has 2 aromatic rings. The van der Waals surface area contributed by atoms with E-state index in [-0.39, 0.29) is 5.91 Å². The first-order valence-electron chi connectivity index (χ1n) is 9.34. The summed E-state index contributed by atoms with van der Waals surface area (Å²) in [4.78, 5) is 12.1. The van der Waals surface area contributed by atoms with Crippen LogP contribution in [0.5, 0.6) is 0 Å². The first-order valence-corrected chi connectivity index (χ1v) is 10.1. The van der Waals surface area contributed by atoms with Crippen molar-refractivity contribution < 1.29 is 4.79 Å². The summed E-state index contributed by atoms with van der Waals surface area (Å²) in [6.07, 6.45) is 7.73. The summed E-state index contributed by atoms with van der Waals surface area (Å²) in [6.45, 7) is 2.44. The van der Waals surface area contributed by atoms with Gasteiger partial charge in [-0.15, -0.1) is 0 Å². The molecule has 1 aliphatic carbocycles. The number of aryl methyl sites for hydroxylation is 1. The van der Waals surface area contributed by atoms with Crippen LogP contribution in [-0.4, -0.2) is 26.8 Å². The molecular formula is C20H24ClN5OS. The molecule has 0 bridgehead atoms. The van der Waals surface area contributed by atoms with Gasteiger partial charge in [0, 0.05) is 17.7 Å². The molecule has 0 aliphatic heterocycles. The zero-order valence-corrected chi connectivity index (χ0v) is 17.3. The molecule has 1 aliphatic rings. The van der Waals surface area contributed by atoms with Gasteiger partial charge in [-0.2, -0.15) is 5.10 Å². The Morgan fingerprint density at radius 1 is 1.29 bits per heavy atom. The topological polar surface area (TPSA) is 71.0 Å². The van der Waals surface area contributed by atoms with E-state index in [1.807, 2.05) is 37.3 Å². The van der Waals surface area contributed by atoms with Crippen molar-refractivity contribution in [1.29, 1.82) is 0 Å². The predicted molar refractivity (Wildman–Crippen MR) is 116 cm³/mol. The number of nitrogens with one attached hydrogen (secondary N) is 3. The number of benzene rings is 1. The highest BCUT2D eigenvalue weighted by molar-refractivity contribution is 7.80. The number of nitrogens with zero attached hydrogens (tertiary/aromatic N) is 2. The Kier molecular flexibility index (Phi) is 7.06. The maximum Gasteiger partial charge on any atom is 0.262 e. The van der Waals surface area contributed by atoms with Crippen LogP contribution >= 0.6 is 23.8 Å². The van der Waals surface area contributed by atoms with Gasteiger partial charge < -0.3 is 5.32 Å². The number of hydrogen-bond acceptors (Lipinski definition) is 3. The van der Waals surface area contributed by atoms with Gasteiger partial charge in [0.1, 0.15) is 5.15 Å². The van der Waals surface area contributed by atoms with E-state index in [2.05, 4.69) is 21.3 Å². The minimum absolute atomic E-state index is 0.318. The lowest BCUT2D eigenvalue weighted by Crippen LogP contribution is -2.48. The summed E-state index contributed by atoms with van der Waals surface area (Å²) in [6, 6.07) is 10.3. The van der Waals surface area contributed by atoms with Crippen molar-refractivity contribution in [3.8, 4) is 0 Å². The largest absolute Gasteiger partial charge is 0.359 e. The van der Waals surface area contributed by atoms with Crippen molar-refractivity contribution >= 4 is 40.9 Å². The number of carbonyl (C=O) groups is 1. The van der Waals surface area contributed by atoms with Crippen molar-refractivity contribution in [1.82, 2.24) is 25.9 Å². The molecule has 8 heteroatoms. The Hall–Kier alpha value is -2.38. The van der Waals surface area contributed by atoms with Gasteiger partial charge in [0.25, 0.3) is 5.91 Å². The Morgan fingerprint density at radius 3 is 2.71 bits per heavy atom. The summed E-state index contributed by atoms with van der Waals surface area (Å²) in [7, 11) is 0. The molecule has 0 saturated heterocycles. The number of aromatic nitrogens is 2. The first-order chi connectivity index (χ1) is 13.5.